The molecule has 3 nitrogen and oxygen atoms in total. The van der Waals surface area contributed by atoms with E-state index >= 15 is 0 Å². The molecule has 0 radical (unpaired) electrons. The highest BCUT2D eigenvalue weighted by Crippen LogP contribution is 2.31. The Labute approximate surface area is 120 Å². The zero-order valence-electron chi connectivity index (χ0n) is 11.7. The third-order valence-corrected chi connectivity index (χ3v) is 4.61. The molecule has 1 heterocycles. The average Bonchev–Trinajstić information content (AvgIpc) is 2.42. The van der Waals surface area contributed by atoms with Crippen molar-refractivity contribution in [2.75, 3.05) is 20.2 Å². The van der Waals surface area contributed by atoms with E-state index in [1.165, 1.54) is 5.56 Å². The van der Waals surface area contributed by atoms with Crippen LogP contribution in [0.1, 0.15) is 25.3 Å². The SMILES string of the molecule is COc1ccc(CN2CCC(C)(C(N)=S)CC2)cc1. The molecule has 0 aliphatic carbocycles. The maximum absolute atomic E-state index is 5.83. The zero-order valence-corrected chi connectivity index (χ0v) is 12.5. The summed E-state index contributed by atoms with van der Waals surface area (Å²) in [6.07, 6.45) is 2.11. The minimum absolute atomic E-state index is 0.0474. The molecule has 1 aliphatic rings. The maximum Gasteiger partial charge on any atom is 0.118 e. The van der Waals surface area contributed by atoms with E-state index in [9.17, 15) is 0 Å². The first kappa shape index (κ1) is 14.3. The van der Waals surface area contributed by atoms with Crippen LogP contribution in [0.15, 0.2) is 24.3 Å². The van der Waals surface area contributed by atoms with Gasteiger partial charge in [0.05, 0.1) is 12.1 Å². The van der Waals surface area contributed by atoms with Crippen LogP contribution in [-0.4, -0.2) is 30.1 Å². The molecule has 0 spiro atoms. The highest BCUT2D eigenvalue weighted by Gasteiger charge is 2.32. The Morgan fingerprint density at radius 1 is 1.32 bits per heavy atom. The predicted octanol–water partition coefficient (Wildman–Crippen LogP) is 2.58. The predicted molar refractivity (Wildman–Crippen MR) is 82.4 cm³/mol. The van der Waals surface area contributed by atoms with Gasteiger partial charge in [0.15, 0.2) is 0 Å². The van der Waals surface area contributed by atoms with Crippen LogP contribution in [0, 0.1) is 5.41 Å². The Morgan fingerprint density at radius 3 is 2.37 bits per heavy atom. The van der Waals surface area contributed by atoms with Gasteiger partial charge in [-0.15, -0.1) is 0 Å². The van der Waals surface area contributed by atoms with Gasteiger partial charge in [-0.25, -0.2) is 0 Å². The average molecular weight is 278 g/mol. The first-order valence-electron chi connectivity index (χ1n) is 6.69. The van der Waals surface area contributed by atoms with Crippen LogP contribution in [0.25, 0.3) is 0 Å². The molecule has 19 heavy (non-hydrogen) atoms. The van der Waals surface area contributed by atoms with Crippen molar-refractivity contribution in [3.05, 3.63) is 29.8 Å². The molecule has 4 heteroatoms. The molecule has 0 unspecified atom stereocenters. The molecule has 1 aromatic carbocycles. The fourth-order valence-corrected chi connectivity index (χ4v) is 2.64. The third kappa shape index (κ3) is 3.45. The highest BCUT2D eigenvalue weighted by atomic mass is 32.1. The number of nitrogens with two attached hydrogens (primary N) is 1. The van der Waals surface area contributed by atoms with Gasteiger partial charge in [0.2, 0.25) is 0 Å². The van der Waals surface area contributed by atoms with Gasteiger partial charge in [-0.1, -0.05) is 31.3 Å². The molecule has 1 fully saturated rings. The number of ether oxygens (including phenoxy) is 1. The lowest BCUT2D eigenvalue weighted by Gasteiger charge is -2.38. The van der Waals surface area contributed by atoms with Crippen molar-refractivity contribution in [2.24, 2.45) is 11.1 Å². The van der Waals surface area contributed by atoms with E-state index in [0.717, 1.165) is 38.2 Å². The molecule has 0 bridgehead atoms. The molecule has 1 aromatic rings. The van der Waals surface area contributed by atoms with E-state index in [2.05, 4.69) is 24.0 Å². The van der Waals surface area contributed by atoms with Crippen molar-refractivity contribution >= 4 is 17.2 Å². The van der Waals surface area contributed by atoms with Gasteiger partial charge in [0.1, 0.15) is 5.75 Å². The smallest absolute Gasteiger partial charge is 0.118 e. The van der Waals surface area contributed by atoms with Gasteiger partial charge in [0, 0.05) is 12.0 Å². The molecular weight excluding hydrogens is 256 g/mol. The molecule has 0 atom stereocenters. The van der Waals surface area contributed by atoms with E-state index in [4.69, 9.17) is 22.7 Å². The van der Waals surface area contributed by atoms with Gasteiger partial charge < -0.3 is 10.5 Å². The van der Waals surface area contributed by atoms with Crippen LogP contribution in [0.5, 0.6) is 5.75 Å². The summed E-state index contributed by atoms with van der Waals surface area (Å²) in [6.45, 7) is 5.28. The summed E-state index contributed by atoms with van der Waals surface area (Å²) >= 11 is 5.17. The van der Waals surface area contributed by atoms with Crippen LogP contribution in [0.3, 0.4) is 0 Å². The third-order valence-electron chi connectivity index (χ3n) is 4.12. The molecule has 104 valence electrons. The van der Waals surface area contributed by atoms with Gasteiger partial charge >= 0.3 is 0 Å². The van der Waals surface area contributed by atoms with E-state index in [-0.39, 0.29) is 5.41 Å². The van der Waals surface area contributed by atoms with Crippen LogP contribution in [-0.2, 0) is 6.54 Å². The number of thiocarbonyl (C=S) groups is 1. The van der Waals surface area contributed by atoms with E-state index in [1.54, 1.807) is 7.11 Å². The Balaban J connectivity index is 1.90. The lowest BCUT2D eigenvalue weighted by molar-refractivity contribution is 0.158. The van der Waals surface area contributed by atoms with Crippen molar-refractivity contribution in [2.45, 2.75) is 26.3 Å². The van der Waals surface area contributed by atoms with Crippen molar-refractivity contribution in [3.63, 3.8) is 0 Å². The molecule has 2 N–H and O–H groups in total. The van der Waals surface area contributed by atoms with Crippen LogP contribution < -0.4 is 10.5 Å². The number of hydrogen-bond acceptors (Lipinski definition) is 3. The fraction of sp³-hybridized carbons (Fsp3) is 0.533. The van der Waals surface area contributed by atoms with Crippen LogP contribution in [0.4, 0.5) is 0 Å². The number of piperidine rings is 1. The summed E-state index contributed by atoms with van der Waals surface area (Å²) < 4.78 is 5.17. The standard InChI is InChI=1S/C15H22N2OS/c1-15(14(16)19)7-9-17(10-8-15)11-12-3-5-13(18-2)6-4-12/h3-6H,7-11H2,1-2H3,(H2,16,19). The molecule has 1 saturated heterocycles. The maximum atomic E-state index is 5.83. The lowest BCUT2D eigenvalue weighted by Crippen LogP contribution is -2.44. The minimum atomic E-state index is 0.0474. The molecule has 0 amide bonds. The minimum Gasteiger partial charge on any atom is -0.497 e. The number of methoxy groups -OCH3 is 1. The van der Waals surface area contributed by atoms with Crippen molar-refractivity contribution < 1.29 is 4.74 Å². The molecule has 1 aliphatic heterocycles. The number of hydrogen-bond donors (Lipinski definition) is 1. The fourth-order valence-electron chi connectivity index (χ4n) is 2.44. The van der Waals surface area contributed by atoms with Crippen molar-refractivity contribution in [1.29, 1.82) is 0 Å². The second kappa shape index (κ2) is 5.88. The highest BCUT2D eigenvalue weighted by molar-refractivity contribution is 7.80. The lowest BCUT2D eigenvalue weighted by atomic mass is 9.80. The molecule has 0 aromatic heterocycles. The first-order valence-corrected chi connectivity index (χ1v) is 7.09. The first-order chi connectivity index (χ1) is 9.03. The van der Waals surface area contributed by atoms with Gasteiger partial charge in [-0.3, -0.25) is 4.90 Å². The summed E-state index contributed by atoms with van der Waals surface area (Å²) in [5.41, 5.74) is 7.20. The number of benzene rings is 1. The van der Waals surface area contributed by atoms with E-state index in [1.807, 2.05) is 12.1 Å². The Morgan fingerprint density at radius 2 is 1.89 bits per heavy atom. The summed E-state index contributed by atoms with van der Waals surface area (Å²) in [7, 11) is 1.69. The largest absolute Gasteiger partial charge is 0.497 e. The second-order valence-electron chi connectivity index (χ2n) is 5.55. The van der Waals surface area contributed by atoms with Gasteiger partial charge in [0.25, 0.3) is 0 Å². The number of rotatable bonds is 4. The zero-order chi connectivity index (χ0) is 13.9. The molecular formula is C15H22N2OS. The van der Waals surface area contributed by atoms with Gasteiger partial charge in [-0.05, 0) is 43.6 Å². The van der Waals surface area contributed by atoms with Crippen LogP contribution in [0.2, 0.25) is 0 Å². The Hall–Kier alpha value is -1.13. The topological polar surface area (TPSA) is 38.5 Å². The van der Waals surface area contributed by atoms with Crippen molar-refractivity contribution in [3.8, 4) is 5.75 Å². The van der Waals surface area contributed by atoms with E-state index in [0.29, 0.717) is 4.99 Å². The second-order valence-corrected chi connectivity index (χ2v) is 5.99. The van der Waals surface area contributed by atoms with Crippen molar-refractivity contribution in [1.82, 2.24) is 4.90 Å². The van der Waals surface area contributed by atoms with Gasteiger partial charge in [-0.2, -0.15) is 0 Å². The van der Waals surface area contributed by atoms with E-state index < -0.39 is 0 Å². The monoisotopic (exact) mass is 278 g/mol. The Bertz CT molecular complexity index is 436. The normalized spacial score (nSPS) is 19.1. The molecule has 0 saturated carbocycles. The molecule has 2 rings (SSSR count). The number of likely N-dealkylation sites (tertiary alicyclic amines) is 1. The quantitative estimate of drug-likeness (QED) is 0.859. The summed E-state index contributed by atoms with van der Waals surface area (Å²) in [5.74, 6) is 0.906. The van der Waals surface area contributed by atoms with Crippen LogP contribution >= 0.6 is 12.2 Å². The summed E-state index contributed by atoms with van der Waals surface area (Å²) in [5, 5.41) is 0. The Kier molecular flexibility index (Phi) is 4.42. The number of nitrogens with zero attached hydrogens (tertiary/aromatic N) is 1. The summed E-state index contributed by atoms with van der Waals surface area (Å²) in [4.78, 5) is 3.12. The summed E-state index contributed by atoms with van der Waals surface area (Å²) in [6, 6.07) is 8.28.